The van der Waals surface area contributed by atoms with Crippen LogP contribution in [0.1, 0.15) is 22.4 Å². The highest BCUT2D eigenvalue weighted by Crippen LogP contribution is 2.26. The van der Waals surface area contributed by atoms with Gasteiger partial charge in [-0.05, 0) is 32.4 Å². The Bertz CT molecular complexity index is 1060. The average Bonchev–Trinajstić information content (AvgIpc) is 2.80. The summed E-state index contributed by atoms with van der Waals surface area (Å²) in [5.41, 5.74) is 5.41. The highest BCUT2D eigenvalue weighted by molar-refractivity contribution is 5.74. The number of nitrogens with zero attached hydrogens (tertiary/aromatic N) is 4. The summed E-state index contributed by atoms with van der Waals surface area (Å²) in [5.74, 6) is 1.72. The van der Waals surface area contributed by atoms with Crippen LogP contribution >= 0.6 is 0 Å². The molecule has 0 atom stereocenters. The number of carbonyl (C=O) groups is 1. The summed E-state index contributed by atoms with van der Waals surface area (Å²) in [6, 6.07) is 18.2. The molecule has 1 saturated heterocycles. The summed E-state index contributed by atoms with van der Waals surface area (Å²) in [6.45, 7) is 9.58. The molecule has 1 aromatic heterocycles. The van der Waals surface area contributed by atoms with E-state index in [-0.39, 0.29) is 6.03 Å². The van der Waals surface area contributed by atoms with Gasteiger partial charge in [0.25, 0.3) is 0 Å². The zero-order valence-corrected chi connectivity index (χ0v) is 18.4. The Morgan fingerprint density at radius 1 is 0.935 bits per heavy atom. The van der Waals surface area contributed by atoms with Crippen molar-refractivity contribution >= 4 is 11.8 Å². The topological polar surface area (TPSA) is 61.4 Å². The maximum absolute atomic E-state index is 12.6. The van der Waals surface area contributed by atoms with Gasteiger partial charge in [-0.15, -0.1) is 0 Å². The number of amides is 2. The van der Waals surface area contributed by atoms with Crippen LogP contribution in [0.2, 0.25) is 0 Å². The molecule has 160 valence electrons. The minimum atomic E-state index is -0.0143. The third-order valence-corrected chi connectivity index (χ3v) is 5.79. The first kappa shape index (κ1) is 20.8. The Labute approximate surface area is 183 Å². The molecule has 2 amide bonds. The first-order valence-corrected chi connectivity index (χ1v) is 10.7. The lowest BCUT2D eigenvalue weighted by atomic mass is 10.1. The molecule has 1 aliphatic rings. The fourth-order valence-electron chi connectivity index (χ4n) is 3.84. The van der Waals surface area contributed by atoms with Crippen LogP contribution in [0.3, 0.4) is 0 Å². The molecule has 4 rings (SSSR count). The third-order valence-electron chi connectivity index (χ3n) is 5.79. The molecule has 31 heavy (non-hydrogen) atoms. The Kier molecular flexibility index (Phi) is 6.16. The monoisotopic (exact) mass is 415 g/mol. The van der Waals surface area contributed by atoms with Crippen LogP contribution in [-0.2, 0) is 6.54 Å². The number of aromatic nitrogens is 2. The van der Waals surface area contributed by atoms with Gasteiger partial charge >= 0.3 is 6.03 Å². The average molecular weight is 416 g/mol. The summed E-state index contributed by atoms with van der Waals surface area (Å²) >= 11 is 0. The lowest BCUT2D eigenvalue weighted by Gasteiger charge is -2.36. The van der Waals surface area contributed by atoms with Crippen LogP contribution in [0.4, 0.5) is 10.6 Å². The molecule has 1 fully saturated rings. The van der Waals surface area contributed by atoms with Crippen LogP contribution in [0.25, 0.3) is 11.4 Å². The lowest BCUT2D eigenvalue weighted by molar-refractivity contribution is 0.194. The van der Waals surface area contributed by atoms with Crippen LogP contribution < -0.4 is 10.2 Å². The van der Waals surface area contributed by atoms with Gasteiger partial charge in [-0.1, -0.05) is 54.1 Å². The van der Waals surface area contributed by atoms with Crippen molar-refractivity contribution in [2.45, 2.75) is 27.3 Å². The molecule has 6 heteroatoms. The number of carbonyl (C=O) groups excluding carboxylic acids is 1. The molecule has 0 radical (unpaired) electrons. The van der Waals surface area contributed by atoms with Crippen molar-refractivity contribution in [2.75, 3.05) is 31.1 Å². The Morgan fingerprint density at radius 2 is 1.68 bits per heavy atom. The molecule has 1 N–H and O–H groups in total. The fraction of sp³-hybridized carbons (Fsp3) is 0.320. The van der Waals surface area contributed by atoms with E-state index in [0.717, 1.165) is 47.1 Å². The van der Waals surface area contributed by atoms with E-state index >= 15 is 0 Å². The number of nitrogens with one attached hydrogen (secondary N) is 1. The van der Waals surface area contributed by atoms with Crippen molar-refractivity contribution in [3.8, 4) is 11.4 Å². The SMILES string of the molecule is Cc1cccc(-c2nc(C)c(C)c(N3CCN(C(=O)NCc4ccccc4)CC3)n2)c1. The maximum Gasteiger partial charge on any atom is 0.317 e. The second-order valence-corrected chi connectivity index (χ2v) is 8.07. The lowest BCUT2D eigenvalue weighted by Crippen LogP contribution is -2.52. The number of hydrogen-bond donors (Lipinski definition) is 1. The van der Waals surface area contributed by atoms with Gasteiger partial charge in [0.1, 0.15) is 5.82 Å². The van der Waals surface area contributed by atoms with Crippen molar-refractivity contribution < 1.29 is 4.79 Å². The molecule has 2 aromatic carbocycles. The standard InChI is InChI=1S/C25H29N5O/c1-18-8-7-11-22(16-18)23-27-20(3)19(2)24(28-23)29-12-14-30(15-13-29)25(31)26-17-21-9-5-4-6-10-21/h4-11,16H,12-15,17H2,1-3H3,(H,26,31). The number of urea groups is 1. The molecule has 0 aliphatic carbocycles. The fourth-order valence-corrected chi connectivity index (χ4v) is 3.84. The van der Waals surface area contributed by atoms with E-state index in [2.05, 4.69) is 42.3 Å². The first-order valence-electron chi connectivity index (χ1n) is 10.7. The molecular formula is C25H29N5O. The molecule has 6 nitrogen and oxygen atoms in total. The van der Waals surface area contributed by atoms with Gasteiger partial charge in [0.2, 0.25) is 0 Å². The van der Waals surface area contributed by atoms with Gasteiger partial charge in [-0.25, -0.2) is 14.8 Å². The Morgan fingerprint density at radius 3 is 2.39 bits per heavy atom. The van der Waals surface area contributed by atoms with E-state index < -0.39 is 0 Å². The molecular weight excluding hydrogens is 386 g/mol. The molecule has 0 bridgehead atoms. The normalized spacial score (nSPS) is 13.9. The van der Waals surface area contributed by atoms with Crippen LogP contribution in [0.5, 0.6) is 0 Å². The molecule has 1 aliphatic heterocycles. The largest absolute Gasteiger partial charge is 0.353 e. The molecule has 2 heterocycles. The predicted octanol–water partition coefficient (Wildman–Crippen LogP) is 4.10. The van der Waals surface area contributed by atoms with E-state index in [4.69, 9.17) is 9.97 Å². The van der Waals surface area contributed by atoms with Gasteiger partial charge in [0.15, 0.2) is 5.82 Å². The summed E-state index contributed by atoms with van der Waals surface area (Å²) < 4.78 is 0. The van der Waals surface area contributed by atoms with E-state index in [0.29, 0.717) is 19.6 Å². The number of anilines is 1. The van der Waals surface area contributed by atoms with E-state index in [1.165, 1.54) is 5.56 Å². The molecule has 3 aromatic rings. The third kappa shape index (κ3) is 4.85. The zero-order chi connectivity index (χ0) is 21.8. The van der Waals surface area contributed by atoms with Crippen molar-refractivity contribution in [1.29, 1.82) is 0 Å². The van der Waals surface area contributed by atoms with E-state index in [9.17, 15) is 4.79 Å². The number of aryl methyl sites for hydroxylation is 2. The summed E-state index contributed by atoms with van der Waals surface area (Å²) in [7, 11) is 0. The number of piperazine rings is 1. The van der Waals surface area contributed by atoms with Crippen molar-refractivity contribution in [3.05, 3.63) is 77.0 Å². The van der Waals surface area contributed by atoms with Crippen LogP contribution in [0, 0.1) is 20.8 Å². The second-order valence-electron chi connectivity index (χ2n) is 8.07. The highest BCUT2D eigenvalue weighted by atomic mass is 16.2. The minimum absolute atomic E-state index is 0.0143. The van der Waals surface area contributed by atoms with Crippen molar-refractivity contribution in [3.63, 3.8) is 0 Å². The summed E-state index contributed by atoms with van der Waals surface area (Å²) in [4.78, 5) is 26.4. The Hall–Kier alpha value is -3.41. The van der Waals surface area contributed by atoms with Gasteiger partial charge < -0.3 is 15.1 Å². The van der Waals surface area contributed by atoms with Gasteiger partial charge in [-0.2, -0.15) is 0 Å². The van der Waals surface area contributed by atoms with E-state index in [1.54, 1.807) is 0 Å². The number of benzene rings is 2. The number of rotatable bonds is 4. The maximum atomic E-state index is 12.6. The zero-order valence-electron chi connectivity index (χ0n) is 18.4. The van der Waals surface area contributed by atoms with Crippen LogP contribution in [-0.4, -0.2) is 47.1 Å². The van der Waals surface area contributed by atoms with Crippen LogP contribution in [0.15, 0.2) is 54.6 Å². The van der Waals surface area contributed by atoms with Crippen molar-refractivity contribution in [2.24, 2.45) is 0 Å². The molecule has 0 saturated carbocycles. The van der Waals surface area contributed by atoms with Gasteiger partial charge in [0.05, 0.1) is 0 Å². The Balaban J connectivity index is 1.43. The predicted molar refractivity (Wildman–Crippen MR) is 124 cm³/mol. The van der Waals surface area contributed by atoms with Crippen molar-refractivity contribution in [1.82, 2.24) is 20.2 Å². The van der Waals surface area contributed by atoms with E-state index in [1.807, 2.05) is 48.2 Å². The summed E-state index contributed by atoms with van der Waals surface area (Å²) in [5, 5.41) is 3.02. The minimum Gasteiger partial charge on any atom is -0.353 e. The van der Waals surface area contributed by atoms with Gasteiger partial charge in [-0.3, -0.25) is 0 Å². The summed E-state index contributed by atoms with van der Waals surface area (Å²) in [6.07, 6.45) is 0. The quantitative estimate of drug-likeness (QED) is 0.697. The molecule has 0 spiro atoms. The first-order chi connectivity index (χ1) is 15.0. The number of hydrogen-bond acceptors (Lipinski definition) is 4. The smallest absolute Gasteiger partial charge is 0.317 e. The molecule has 0 unspecified atom stereocenters. The highest BCUT2D eigenvalue weighted by Gasteiger charge is 2.24. The second kappa shape index (κ2) is 9.16. The van der Waals surface area contributed by atoms with Gasteiger partial charge in [0, 0.05) is 49.5 Å².